The summed E-state index contributed by atoms with van der Waals surface area (Å²) in [5.74, 6) is -1.34. The number of halogens is 1. The van der Waals surface area contributed by atoms with Crippen LogP contribution < -0.4 is 5.32 Å². The number of hydrogen-bond donors (Lipinski definition) is 3. The van der Waals surface area contributed by atoms with Crippen molar-refractivity contribution in [3.8, 4) is 5.75 Å². The molecule has 17 heavy (non-hydrogen) atoms. The van der Waals surface area contributed by atoms with Crippen LogP contribution in [0, 0.1) is 3.57 Å². The van der Waals surface area contributed by atoms with Crippen molar-refractivity contribution < 1.29 is 22.9 Å². The monoisotopic (exact) mass is 371 g/mol. The lowest BCUT2D eigenvalue weighted by Gasteiger charge is -2.06. The number of hydrogen-bond acceptors (Lipinski definition) is 4. The first kappa shape index (κ1) is 14.2. The Morgan fingerprint density at radius 1 is 1.41 bits per heavy atom. The van der Waals surface area contributed by atoms with Gasteiger partial charge in [0.25, 0.3) is 16.0 Å². The molecule has 94 valence electrons. The van der Waals surface area contributed by atoms with Gasteiger partial charge in [0.05, 0.1) is 11.3 Å². The molecule has 8 heteroatoms. The van der Waals surface area contributed by atoms with Crippen LogP contribution in [0.3, 0.4) is 0 Å². The number of rotatable bonds is 4. The second-order valence-electron chi connectivity index (χ2n) is 3.20. The van der Waals surface area contributed by atoms with Crippen molar-refractivity contribution in [2.24, 2.45) is 0 Å². The lowest BCUT2D eigenvalue weighted by molar-refractivity contribution is 0.0953. The highest BCUT2D eigenvalue weighted by molar-refractivity contribution is 14.1. The van der Waals surface area contributed by atoms with Gasteiger partial charge in [0.15, 0.2) is 0 Å². The second-order valence-corrected chi connectivity index (χ2v) is 6.02. The molecule has 0 aromatic heterocycles. The molecule has 1 aromatic carbocycles. The van der Waals surface area contributed by atoms with Gasteiger partial charge in [-0.25, -0.2) is 0 Å². The maximum absolute atomic E-state index is 11.5. The van der Waals surface area contributed by atoms with Crippen LogP contribution in [0.1, 0.15) is 10.4 Å². The SMILES string of the molecule is O=C(NCCS(=O)(=O)O)c1ccc(I)cc1O. The Morgan fingerprint density at radius 3 is 2.59 bits per heavy atom. The van der Waals surface area contributed by atoms with Crippen molar-refractivity contribution in [1.82, 2.24) is 5.32 Å². The number of benzene rings is 1. The molecule has 0 bridgehead atoms. The van der Waals surface area contributed by atoms with Crippen molar-refractivity contribution in [3.05, 3.63) is 27.3 Å². The van der Waals surface area contributed by atoms with Crippen LogP contribution in [0.2, 0.25) is 0 Å². The largest absolute Gasteiger partial charge is 0.507 e. The number of aromatic hydroxyl groups is 1. The molecule has 0 radical (unpaired) electrons. The molecule has 1 aromatic rings. The Morgan fingerprint density at radius 2 is 2.06 bits per heavy atom. The predicted molar refractivity (Wildman–Crippen MR) is 69.6 cm³/mol. The quantitative estimate of drug-likeness (QED) is 0.532. The molecule has 1 amide bonds. The van der Waals surface area contributed by atoms with Crippen LogP contribution in [0.4, 0.5) is 0 Å². The molecule has 0 unspecified atom stereocenters. The molecule has 0 heterocycles. The number of amides is 1. The molecule has 0 saturated heterocycles. The van der Waals surface area contributed by atoms with Gasteiger partial charge in [-0.2, -0.15) is 8.42 Å². The average Bonchev–Trinajstić information content (AvgIpc) is 2.15. The second kappa shape index (κ2) is 5.65. The number of carbonyl (C=O) groups excluding carboxylic acids is 1. The van der Waals surface area contributed by atoms with Gasteiger partial charge >= 0.3 is 0 Å². The summed E-state index contributed by atoms with van der Waals surface area (Å²) in [6.45, 7) is -0.219. The van der Waals surface area contributed by atoms with Crippen LogP contribution in [-0.2, 0) is 10.1 Å². The fraction of sp³-hybridized carbons (Fsp3) is 0.222. The number of phenols is 1. The van der Waals surface area contributed by atoms with E-state index in [0.29, 0.717) is 0 Å². The van der Waals surface area contributed by atoms with Crippen LogP contribution in [0.25, 0.3) is 0 Å². The van der Waals surface area contributed by atoms with Gasteiger partial charge in [-0.05, 0) is 40.8 Å². The summed E-state index contributed by atoms with van der Waals surface area (Å²) in [5, 5.41) is 11.8. The van der Waals surface area contributed by atoms with Crippen LogP contribution in [-0.4, -0.2) is 36.3 Å². The van der Waals surface area contributed by atoms with Crippen molar-refractivity contribution in [2.75, 3.05) is 12.3 Å². The molecular weight excluding hydrogens is 361 g/mol. The van der Waals surface area contributed by atoms with E-state index in [-0.39, 0.29) is 17.9 Å². The summed E-state index contributed by atoms with van der Waals surface area (Å²) >= 11 is 1.98. The summed E-state index contributed by atoms with van der Waals surface area (Å²) in [4.78, 5) is 11.5. The maximum atomic E-state index is 11.5. The molecule has 0 aliphatic heterocycles. The van der Waals surface area contributed by atoms with Gasteiger partial charge in [0, 0.05) is 10.1 Å². The van der Waals surface area contributed by atoms with Crippen molar-refractivity contribution in [2.45, 2.75) is 0 Å². The summed E-state index contributed by atoms with van der Waals surface area (Å²) in [6.07, 6.45) is 0. The lowest BCUT2D eigenvalue weighted by Crippen LogP contribution is -2.28. The van der Waals surface area contributed by atoms with E-state index < -0.39 is 21.8 Å². The van der Waals surface area contributed by atoms with Gasteiger partial charge < -0.3 is 10.4 Å². The Balaban J connectivity index is 2.65. The lowest BCUT2D eigenvalue weighted by atomic mass is 10.2. The van der Waals surface area contributed by atoms with E-state index in [1.807, 2.05) is 22.6 Å². The predicted octanol–water partition coefficient (Wildman–Crippen LogP) is 0.614. The van der Waals surface area contributed by atoms with Gasteiger partial charge in [0.2, 0.25) is 0 Å². The maximum Gasteiger partial charge on any atom is 0.266 e. The Kier molecular flexibility index (Phi) is 4.71. The zero-order valence-corrected chi connectivity index (χ0v) is 11.5. The van der Waals surface area contributed by atoms with Crippen LogP contribution in [0.15, 0.2) is 18.2 Å². The van der Waals surface area contributed by atoms with E-state index >= 15 is 0 Å². The van der Waals surface area contributed by atoms with Crippen molar-refractivity contribution in [3.63, 3.8) is 0 Å². The first-order chi connectivity index (χ1) is 7.79. The molecule has 0 fully saturated rings. The summed E-state index contributed by atoms with van der Waals surface area (Å²) in [7, 11) is -4.10. The minimum Gasteiger partial charge on any atom is -0.507 e. The van der Waals surface area contributed by atoms with Gasteiger partial charge in [-0.3, -0.25) is 9.35 Å². The first-order valence-corrected chi connectivity index (χ1v) is 7.20. The third kappa shape index (κ3) is 4.88. The fourth-order valence-electron chi connectivity index (χ4n) is 1.09. The normalized spacial score (nSPS) is 11.2. The first-order valence-electron chi connectivity index (χ1n) is 4.51. The van der Waals surface area contributed by atoms with E-state index in [1.54, 1.807) is 6.07 Å². The molecule has 0 aliphatic carbocycles. The number of nitrogens with one attached hydrogen (secondary N) is 1. The van der Waals surface area contributed by atoms with Gasteiger partial charge in [0.1, 0.15) is 5.75 Å². The molecule has 1 rings (SSSR count). The summed E-state index contributed by atoms with van der Waals surface area (Å²) in [5.41, 5.74) is 0.0563. The van der Waals surface area contributed by atoms with E-state index in [9.17, 15) is 18.3 Å². The molecule has 0 atom stereocenters. The zero-order valence-electron chi connectivity index (χ0n) is 8.55. The molecule has 6 nitrogen and oxygen atoms in total. The Bertz CT molecular complexity index is 528. The van der Waals surface area contributed by atoms with E-state index in [0.717, 1.165) is 3.57 Å². The number of carbonyl (C=O) groups is 1. The molecule has 3 N–H and O–H groups in total. The topological polar surface area (TPSA) is 104 Å². The minimum atomic E-state index is -4.10. The Labute approximate surface area is 112 Å². The fourth-order valence-corrected chi connectivity index (χ4v) is 1.92. The third-order valence-corrected chi connectivity index (χ3v) is 3.24. The average molecular weight is 371 g/mol. The van der Waals surface area contributed by atoms with E-state index in [2.05, 4.69) is 5.32 Å². The zero-order chi connectivity index (χ0) is 13.1. The third-order valence-electron chi connectivity index (χ3n) is 1.85. The van der Waals surface area contributed by atoms with Crippen LogP contribution in [0.5, 0.6) is 5.75 Å². The standard InChI is InChI=1S/C9H10INO5S/c10-6-1-2-7(8(12)5-6)9(13)11-3-4-17(14,15)16/h1-2,5,12H,3-4H2,(H,11,13)(H,14,15,16). The highest BCUT2D eigenvalue weighted by Gasteiger charge is 2.12. The minimum absolute atomic E-state index is 0.0563. The highest BCUT2D eigenvalue weighted by Crippen LogP contribution is 2.19. The van der Waals surface area contributed by atoms with E-state index in [4.69, 9.17) is 4.55 Å². The molecular formula is C9H10INO5S. The summed E-state index contributed by atoms with van der Waals surface area (Å²) < 4.78 is 30.1. The molecule has 0 spiro atoms. The van der Waals surface area contributed by atoms with Crippen molar-refractivity contribution >= 4 is 38.6 Å². The van der Waals surface area contributed by atoms with Crippen LogP contribution >= 0.6 is 22.6 Å². The van der Waals surface area contributed by atoms with Crippen molar-refractivity contribution in [1.29, 1.82) is 0 Å². The number of phenolic OH excluding ortho intramolecular Hbond substituents is 1. The van der Waals surface area contributed by atoms with E-state index in [1.165, 1.54) is 12.1 Å². The van der Waals surface area contributed by atoms with Gasteiger partial charge in [-0.15, -0.1) is 0 Å². The smallest absolute Gasteiger partial charge is 0.266 e. The molecule has 0 saturated carbocycles. The highest BCUT2D eigenvalue weighted by atomic mass is 127. The van der Waals surface area contributed by atoms with Gasteiger partial charge in [-0.1, -0.05) is 0 Å². The summed E-state index contributed by atoms with van der Waals surface area (Å²) in [6, 6.07) is 4.48. The Hall–Kier alpha value is -0.870. The molecule has 0 aliphatic rings.